The Labute approximate surface area is 345 Å². The van der Waals surface area contributed by atoms with E-state index in [2.05, 4.69) is 45.3 Å². The van der Waals surface area contributed by atoms with E-state index in [1.807, 2.05) is 6.92 Å². The van der Waals surface area contributed by atoms with Gasteiger partial charge in [0.1, 0.15) is 11.3 Å². The zero-order valence-electron chi connectivity index (χ0n) is 35.6. The topological polar surface area (TPSA) is 130 Å². The number of allylic oxidation sites excluding steroid dienone is 2. The molecule has 312 valence electrons. The molecule has 6 aliphatic carbocycles. The first-order chi connectivity index (χ1) is 26.8. The zero-order valence-corrected chi connectivity index (χ0v) is 36.4. The molecule has 1 aromatic carbocycles. The first-order valence-electron chi connectivity index (χ1n) is 22.1. The molecule has 57 heavy (non-hydrogen) atoms. The lowest BCUT2D eigenvalue weighted by Crippen LogP contribution is -2.60. The third-order valence-corrected chi connectivity index (χ3v) is 17.8. The highest BCUT2D eigenvalue weighted by molar-refractivity contribution is 6.33. The van der Waals surface area contributed by atoms with Crippen LogP contribution in [0.25, 0.3) is 0 Å². The Balaban J connectivity index is 1.04. The van der Waals surface area contributed by atoms with Crippen LogP contribution in [0.3, 0.4) is 0 Å². The second-order valence-electron chi connectivity index (χ2n) is 20.9. The van der Waals surface area contributed by atoms with E-state index in [1.54, 1.807) is 38.1 Å². The van der Waals surface area contributed by atoms with Gasteiger partial charge in [-0.1, -0.05) is 70.8 Å². The molecule has 0 heterocycles. The van der Waals surface area contributed by atoms with Crippen molar-refractivity contribution in [2.24, 2.45) is 75.4 Å². The van der Waals surface area contributed by atoms with Gasteiger partial charge in [0.15, 0.2) is 5.78 Å². The van der Waals surface area contributed by atoms with Gasteiger partial charge < -0.3 is 15.7 Å². The van der Waals surface area contributed by atoms with Crippen molar-refractivity contribution in [2.75, 3.05) is 6.54 Å². The Morgan fingerprint density at radius 2 is 1.58 bits per heavy atom. The van der Waals surface area contributed by atoms with Gasteiger partial charge in [-0.25, -0.2) is 0 Å². The van der Waals surface area contributed by atoms with E-state index in [9.17, 15) is 29.1 Å². The molecule has 0 bridgehead atoms. The van der Waals surface area contributed by atoms with Gasteiger partial charge in [0, 0.05) is 30.7 Å². The number of ketones is 2. The monoisotopic (exact) mass is 802 g/mol. The van der Waals surface area contributed by atoms with Gasteiger partial charge >= 0.3 is 5.97 Å². The Hall–Kier alpha value is -3.00. The number of hydrogen-bond donors (Lipinski definition) is 3. The second kappa shape index (κ2) is 15.2. The van der Waals surface area contributed by atoms with Crippen LogP contribution in [0.2, 0.25) is 5.02 Å². The lowest BCUT2D eigenvalue weighted by molar-refractivity contribution is -0.172. The Morgan fingerprint density at radius 1 is 0.912 bits per heavy atom. The number of carboxylic acids is 1. The van der Waals surface area contributed by atoms with E-state index in [0.29, 0.717) is 84.1 Å². The average molecular weight is 804 g/mol. The smallest absolute Gasteiger partial charge is 0.306 e. The Morgan fingerprint density at radius 3 is 2.25 bits per heavy atom. The van der Waals surface area contributed by atoms with E-state index < -0.39 is 17.4 Å². The van der Waals surface area contributed by atoms with Crippen molar-refractivity contribution >= 4 is 41.0 Å². The molecule has 8 nitrogen and oxygen atoms in total. The number of fused-ring (bicyclic) bond motifs is 7. The number of Topliss-reactive ketones (excluding diaryl/α,β-unsaturated/α-hetero) is 2. The maximum atomic E-state index is 14.0. The molecule has 0 spiro atoms. The molecular formula is C48H67ClN2O6. The molecule has 3 N–H and O–H groups in total. The predicted octanol–water partition coefficient (Wildman–Crippen LogP) is 9.49. The first kappa shape index (κ1) is 42.1. The third-order valence-electron chi connectivity index (χ3n) is 17.5. The van der Waals surface area contributed by atoms with Crippen LogP contribution in [0.4, 0.5) is 0 Å². The summed E-state index contributed by atoms with van der Waals surface area (Å²) >= 11 is 6.26. The largest absolute Gasteiger partial charge is 0.481 e. The zero-order chi connectivity index (χ0) is 41.4. The van der Waals surface area contributed by atoms with Crippen LogP contribution in [-0.2, 0) is 19.2 Å². The number of benzene rings is 1. The van der Waals surface area contributed by atoms with Crippen LogP contribution in [0, 0.1) is 75.4 Å². The fourth-order valence-electron chi connectivity index (χ4n) is 14.4. The van der Waals surface area contributed by atoms with Crippen LogP contribution < -0.4 is 10.6 Å². The minimum atomic E-state index is -1.16. The van der Waals surface area contributed by atoms with Crippen LogP contribution in [0.1, 0.15) is 143 Å². The van der Waals surface area contributed by atoms with Crippen molar-refractivity contribution < 1.29 is 29.1 Å². The Kier molecular flexibility index (Phi) is 11.3. The minimum absolute atomic E-state index is 0.0637. The maximum absolute atomic E-state index is 14.0. The molecule has 1 aromatic rings. The number of amides is 2. The summed E-state index contributed by atoms with van der Waals surface area (Å²) in [6.07, 6.45) is 11.2. The van der Waals surface area contributed by atoms with Crippen LogP contribution in [-0.4, -0.2) is 46.5 Å². The number of carbonyl (C=O) groups is 5. The number of nitrogens with one attached hydrogen (secondary N) is 2. The molecule has 0 saturated heterocycles. The quantitative estimate of drug-likeness (QED) is 0.205. The van der Waals surface area contributed by atoms with Crippen molar-refractivity contribution in [3.8, 4) is 0 Å². The normalized spacial score (nSPS) is 38.6. The van der Waals surface area contributed by atoms with Crippen molar-refractivity contribution in [2.45, 2.75) is 138 Å². The van der Waals surface area contributed by atoms with Crippen molar-refractivity contribution in [3.63, 3.8) is 0 Å². The lowest BCUT2D eigenvalue weighted by atomic mass is 9.37. The maximum Gasteiger partial charge on any atom is 0.306 e. The summed E-state index contributed by atoms with van der Waals surface area (Å²) in [5.41, 5.74) is 1.78. The van der Waals surface area contributed by atoms with E-state index in [-0.39, 0.29) is 51.6 Å². The molecule has 5 saturated carbocycles. The lowest BCUT2D eigenvalue weighted by Gasteiger charge is -2.67. The molecule has 12 unspecified atom stereocenters. The summed E-state index contributed by atoms with van der Waals surface area (Å²) in [4.78, 5) is 65.7. The van der Waals surface area contributed by atoms with E-state index in [0.717, 1.165) is 44.1 Å². The fraction of sp³-hybridized carbons (Fsp3) is 0.729. The highest BCUT2D eigenvalue weighted by Crippen LogP contribution is 2.72. The Bertz CT molecular complexity index is 1850. The van der Waals surface area contributed by atoms with Gasteiger partial charge in [-0.3, -0.25) is 24.0 Å². The molecule has 9 heteroatoms. The summed E-state index contributed by atoms with van der Waals surface area (Å²) in [6, 6.07) is 6.81. The van der Waals surface area contributed by atoms with Crippen LogP contribution in [0.5, 0.6) is 0 Å². The summed E-state index contributed by atoms with van der Waals surface area (Å²) in [6.45, 7) is 17.7. The molecule has 0 aromatic heterocycles. The molecule has 7 rings (SSSR count). The van der Waals surface area contributed by atoms with Crippen molar-refractivity contribution in [3.05, 3.63) is 46.0 Å². The van der Waals surface area contributed by atoms with Gasteiger partial charge in [-0.15, -0.1) is 0 Å². The summed E-state index contributed by atoms with van der Waals surface area (Å²) in [5.74, 6) is 1.66. The highest BCUT2D eigenvalue weighted by atomic mass is 35.5. The summed E-state index contributed by atoms with van der Waals surface area (Å²) < 4.78 is 0. The number of carbonyl (C=O) groups excluding carboxylic acids is 4. The molecular weight excluding hydrogens is 736 g/mol. The molecule has 0 aliphatic heterocycles. The van der Waals surface area contributed by atoms with E-state index >= 15 is 0 Å². The van der Waals surface area contributed by atoms with E-state index in [1.165, 1.54) is 18.4 Å². The second-order valence-corrected chi connectivity index (χ2v) is 21.3. The van der Waals surface area contributed by atoms with Crippen LogP contribution >= 0.6 is 11.6 Å². The molecule has 5 fully saturated rings. The number of halogens is 1. The van der Waals surface area contributed by atoms with Gasteiger partial charge in [0.05, 0.1) is 16.5 Å². The number of carboxylic acid groups (broad SMARTS) is 1. The predicted molar refractivity (Wildman–Crippen MR) is 222 cm³/mol. The fourth-order valence-corrected chi connectivity index (χ4v) is 14.6. The average Bonchev–Trinajstić information content (AvgIpc) is 3.44. The number of hydrogen-bond acceptors (Lipinski definition) is 5. The highest BCUT2D eigenvalue weighted by Gasteiger charge is 2.65. The van der Waals surface area contributed by atoms with Gasteiger partial charge in [0.25, 0.3) is 5.91 Å². The number of rotatable bonds is 11. The summed E-state index contributed by atoms with van der Waals surface area (Å²) in [7, 11) is 0. The van der Waals surface area contributed by atoms with Crippen molar-refractivity contribution in [1.29, 1.82) is 0 Å². The van der Waals surface area contributed by atoms with Gasteiger partial charge in [0.2, 0.25) is 5.91 Å². The first-order valence-corrected chi connectivity index (χ1v) is 22.5. The number of aliphatic carboxylic acids is 1. The third kappa shape index (κ3) is 7.03. The molecule has 0 radical (unpaired) electrons. The molecule has 6 aliphatic rings. The van der Waals surface area contributed by atoms with E-state index in [4.69, 9.17) is 11.6 Å². The standard InChI is InChI=1S/C48H67ClN2O6/c1-26(2)40-38(53)25-48(21-22-50-44(57)45(5,6)51-42(54)31-11-9-10-12-36(31)49)20-17-35-30(41(40)48)13-14-39-46(7)18-15-29(27(3)34(46)16-19-47(35,39)8)23-37(52)32-24-33(28(32)4)43(55)56/h9-12,26-30,32-35,39H,13-25H2,1-8H3,(H,50,57)(H,51,54)(H,55,56). The summed E-state index contributed by atoms with van der Waals surface area (Å²) in [5, 5.41) is 15.8. The SMILES string of the molecule is CC(C)C1=C2C3CCC4C(C)(CCC5C(C)C(CC(=O)C6CC(C(=O)O)C6C)CCC54C)C3CCC2(CCNC(=O)C(C)(C)NC(=O)c2ccccc2Cl)CC1=O. The molecule has 12 atom stereocenters. The molecule has 2 amide bonds. The van der Waals surface area contributed by atoms with Crippen molar-refractivity contribution in [1.82, 2.24) is 10.6 Å². The van der Waals surface area contributed by atoms with Crippen LogP contribution in [0.15, 0.2) is 35.4 Å². The van der Waals surface area contributed by atoms with Gasteiger partial charge in [-0.2, -0.15) is 0 Å². The van der Waals surface area contributed by atoms with Gasteiger partial charge in [-0.05, 0) is 154 Å². The minimum Gasteiger partial charge on any atom is -0.481 e.